The molecule has 0 fully saturated rings. The molecular weight excluding hydrogens is 278 g/mol. The van der Waals surface area contributed by atoms with E-state index in [4.69, 9.17) is 4.74 Å². The van der Waals surface area contributed by atoms with E-state index in [2.05, 4.69) is 26.1 Å². The highest BCUT2D eigenvalue weighted by Gasteiger charge is 2.22. The molecule has 0 saturated heterocycles. The van der Waals surface area contributed by atoms with Gasteiger partial charge in [0.2, 0.25) is 5.91 Å². The van der Waals surface area contributed by atoms with E-state index >= 15 is 0 Å². The molecule has 4 heteroatoms. The van der Waals surface area contributed by atoms with Crippen LogP contribution in [0.4, 0.5) is 0 Å². The summed E-state index contributed by atoms with van der Waals surface area (Å²) in [4.78, 5) is 23.3. The molecule has 0 heterocycles. The third kappa shape index (κ3) is 9.16. The molecule has 1 aromatic carbocycles. The van der Waals surface area contributed by atoms with Gasteiger partial charge in [-0.15, -0.1) is 0 Å². The van der Waals surface area contributed by atoms with Crippen molar-refractivity contribution in [3.63, 3.8) is 0 Å². The minimum atomic E-state index is -0.632. The normalized spacial score (nSPS) is 11.5. The van der Waals surface area contributed by atoms with Gasteiger partial charge >= 0.3 is 5.97 Å². The first-order chi connectivity index (χ1) is 10.3. The van der Waals surface area contributed by atoms with Gasteiger partial charge in [-0.3, -0.25) is 4.79 Å². The molecule has 1 atom stereocenters. The second-order valence-corrected chi connectivity index (χ2v) is 6.16. The quantitative estimate of drug-likeness (QED) is 0.850. The number of carbonyl (C=O) groups excluding carboxylic acids is 2. The van der Waals surface area contributed by atoms with Crippen molar-refractivity contribution in [1.82, 2.24) is 5.32 Å². The first-order valence-corrected chi connectivity index (χ1v) is 7.70. The van der Waals surface area contributed by atoms with E-state index in [0.29, 0.717) is 6.42 Å². The summed E-state index contributed by atoms with van der Waals surface area (Å²) >= 11 is 0. The van der Waals surface area contributed by atoms with Crippen molar-refractivity contribution < 1.29 is 14.3 Å². The molecule has 0 radical (unpaired) electrons. The summed E-state index contributed by atoms with van der Waals surface area (Å²) in [6.45, 7) is 10.1. The van der Waals surface area contributed by atoms with Gasteiger partial charge in [0.15, 0.2) is 0 Å². The molecule has 0 aromatic heterocycles. The number of rotatable bonds is 5. The standard InChI is InChI=1S/C14H19NO3.C4H10/c1-10(2)13(16)15-12(14(17)18-3)9-11-7-5-4-6-8-11;1-4(2)3/h4-8,10,12H,9H2,1-3H3,(H,15,16);4H,1-3H3/t12-;/m0./s1. The van der Waals surface area contributed by atoms with Crippen molar-refractivity contribution in [2.45, 2.75) is 47.1 Å². The fourth-order valence-corrected chi connectivity index (χ4v) is 1.52. The number of ether oxygens (including phenoxy) is 1. The van der Waals surface area contributed by atoms with Gasteiger partial charge < -0.3 is 10.1 Å². The van der Waals surface area contributed by atoms with Crippen molar-refractivity contribution in [1.29, 1.82) is 0 Å². The molecule has 124 valence electrons. The van der Waals surface area contributed by atoms with E-state index in [-0.39, 0.29) is 11.8 Å². The van der Waals surface area contributed by atoms with E-state index in [1.807, 2.05) is 30.3 Å². The van der Waals surface area contributed by atoms with Gasteiger partial charge in [-0.05, 0) is 11.5 Å². The SMILES string of the molecule is CC(C)C.COC(=O)[C@H](Cc1ccccc1)NC(=O)C(C)C. The highest BCUT2D eigenvalue weighted by molar-refractivity contribution is 5.85. The Morgan fingerprint density at radius 1 is 1.05 bits per heavy atom. The van der Waals surface area contributed by atoms with E-state index in [0.717, 1.165) is 11.5 Å². The van der Waals surface area contributed by atoms with Crippen LogP contribution in [0.15, 0.2) is 30.3 Å². The summed E-state index contributed by atoms with van der Waals surface area (Å²) in [7, 11) is 1.32. The van der Waals surface area contributed by atoms with Crippen LogP contribution in [0.25, 0.3) is 0 Å². The second kappa shape index (κ2) is 10.8. The number of benzene rings is 1. The fraction of sp³-hybridized carbons (Fsp3) is 0.556. The van der Waals surface area contributed by atoms with Crippen LogP contribution >= 0.6 is 0 Å². The van der Waals surface area contributed by atoms with Crippen LogP contribution in [0.5, 0.6) is 0 Å². The number of amides is 1. The van der Waals surface area contributed by atoms with Gasteiger partial charge in [0.1, 0.15) is 6.04 Å². The predicted octanol–water partition coefficient (Wildman–Crippen LogP) is 3.21. The molecule has 1 aromatic rings. The molecule has 4 nitrogen and oxygen atoms in total. The molecule has 1 amide bonds. The molecule has 1 rings (SSSR count). The molecule has 0 aliphatic carbocycles. The van der Waals surface area contributed by atoms with Crippen molar-refractivity contribution in [2.75, 3.05) is 7.11 Å². The summed E-state index contributed by atoms with van der Waals surface area (Å²) in [5, 5.41) is 2.70. The van der Waals surface area contributed by atoms with Crippen LogP contribution in [-0.2, 0) is 20.7 Å². The monoisotopic (exact) mass is 307 g/mol. The van der Waals surface area contributed by atoms with Gasteiger partial charge in [0.25, 0.3) is 0 Å². The van der Waals surface area contributed by atoms with Crippen LogP contribution in [-0.4, -0.2) is 25.0 Å². The Bertz CT molecular complexity index is 438. The zero-order valence-corrected chi connectivity index (χ0v) is 14.6. The molecule has 0 aliphatic heterocycles. The van der Waals surface area contributed by atoms with Crippen LogP contribution in [0, 0.1) is 11.8 Å². The Labute approximate surface area is 134 Å². The van der Waals surface area contributed by atoms with Gasteiger partial charge in [-0.2, -0.15) is 0 Å². The summed E-state index contributed by atoms with van der Waals surface area (Å²) in [6, 6.07) is 8.90. The summed E-state index contributed by atoms with van der Waals surface area (Å²) in [5.41, 5.74) is 0.983. The van der Waals surface area contributed by atoms with E-state index in [1.54, 1.807) is 13.8 Å². The van der Waals surface area contributed by atoms with E-state index in [9.17, 15) is 9.59 Å². The third-order valence-corrected chi connectivity index (χ3v) is 2.61. The van der Waals surface area contributed by atoms with Gasteiger partial charge in [-0.1, -0.05) is 65.0 Å². The number of esters is 1. The van der Waals surface area contributed by atoms with Crippen molar-refractivity contribution in [3.8, 4) is 0 Å². The summed E-state index contributed by atoms with van der Waals surface area (Å²) in [6.07, 6.45) is 0.436. The summed E-state index contributed by atoms with van der Waals surface area (Å²) in [5.74, 6) is 0.0992. The Morgan fingerprint density at radius 3 is 1.95 bits per heavy atom. The van der Waals surface area contributed by atoms with Gasteiger partial charge in [0.05, 0.1) is 7.11 Å². The van der Waals surface area contributed by atoms with Crippen LogP contribution in [0.2, 0.25) is 0 Å². The highest BCUT2D eigenvalue weighted by Crippen LogP contribution is 2.05. The number of methoxy groups -OCH3 is 1. The molecule has 0 aliphatic rings. The van der Waals surface area contributed by atoms with Crippen molar-refractivity contribution in [3.05, 3.63) is 35.9 Å². The Hall–Kier alpha value is -1.84. The number of carbonyl (C=O) groups is 2. The van der Waals surface area contributed by atoms with Crippen LogP contribution < -0.4 is 5.32 Å². The van der Waals surface area contributed by atoms with Crippen molar-refractivity contribution >= 4 is 11.9 Å². The smallest absolute Gasteiger partial charge is 0.328 e. The zero-order valence-electron chi connectivity index (χ0n) is 14.6. The lowest BCUT2D eigenvalue weighted by atomic mass is 10.1. The Balaban J connectivity index is 0.000000980. The number of hydrogen-bond acceptors (Lipinski definition) is 3. The lowest BCUT2D eigenvalue weighted by molar-refractivity contribution is -0.145. The van der Waals surface area contributed by atoms with Crippen LogP contribution in [0.3, 0.4) is 0 Å². The second-order valence-electron chi connectivity index (χ2n) is 6.16. The van der Waals surface area contributed by atoms with E-state index < -0.39 is 12.0 Å². The fourth-order valence-electron chi connectivity index (χ4n) is 1.52. The van der Waals surface area contributed by atoms with Gasteiger partial charge in [-0.25, -0.2) is 4.79 Å². The Morgan fingerprint density at radius 2 is 1.55 bits per heavy atom. The molecule has 0 spiro atoms. The summed E-state index contributed by atoms with van der Waals surface area (Å²) < 4.78 is 4.71. The number of nitrogens with one attached hydrogen (secondary N) is 1. The zero-order chi connectivity index (χ0) is 17.1. The Kier molecular flexibility index (Phi) is 9.92. The van der Waals surface area contributed by atoms with E-state index in [1.165, 1.54) is 7.11 Å². The maximum Gasteiger partial charge on any atom is 0.328 e. The minimum Gasteiger partial charge on any atom is -0.467 e. The predicted molar refractivity (Wildman–Crippen MR) is 89.4 cm³/mol. The minimum absolute atomic E-state index is 0.152. The van der Waals surface area contributed by atoms with Crippen molar-refractivity contribution in [2.24, 2.45) is 11.8 Å². The highest BCUT2D eigenvalue weighted by atomic mass is 16.5. The largest absolute Gasteiger partial charge is 0.467 e. The lowest BCUT2D eigenvalue weighted by Gasteiger charge is -2.17. The first kappa shape index (κ1) is 20.2. The van der Waals surface area contributed by atoms with Crippen LogP contribution in [0.1, 0.15) is 40.2 Å². The molecule has 1 N–H and O–H groups in total. The average Bonchev–Trinajstić information content (AvgIpc) is 2.46. The molecule has 0 bridgehead atoms. The lowest BCUT2D eigenvalue weighted by Crippen LogP contribution is -2.44. The average molecular weight is 307 g/mol. The maximum atomic E-state index is 11.6. The molecule has 22 heavy (non-hydrogen) atoms. The molecule has 0 unspecified atom stereocenters. The molecular formula is C18H29NO3. The first-order valence-electron chi connectivity index (χ1n) is 7.70. The maximum absolute atomic E-state index is 11.6. The topological polar surface area (TPSA) is 55.4 Å². The third-order valence-electron chi connectivity index (χ3n) is 2.61. The van der Waals surface area contributed by atoms with Gasteiger partial charge in [0, 0.05) is 12.3 Å². The molecule has 0 saturated carbocycles. The number of hydrogen-bond donors (Lipinski definition) is 1.